The second kappa shape index (κ2) is 11.7. The maximum Gasteiger partial charge on any atom is 0.261 e. The second-order valence-corrected chi connectivity index (χ2v) is 7.85. The van der Waals surface area contributed by atoms with Crippen molar-refractivity contribution in [3.05, 3.63) is 89.0 Å². The quantitative estimate of drug-likeness (QED) is 0.243. The van der Waals surface area contributed by atoms with Gasteiger partial charge in [-0.15, -0.1) is 0 Å². The Morgan fingerprint density at radius 3 is 1.88 bits per heavy atom. The van der Waals surface area contributed by atoms with E-state index >= 15 is 0 Å². The van der Waals surface area contributed by atoms with Crippen molar-refractivity contribution in [2.45, 2.75) is 27.2 Å². The predicted molar refractivity (Wildman–Crippen MR) is 136 cm³/mol. The number of nitrogens with one attached hydrogen (secondary N) is 2. The number of carbonyl (C=O) groups is 2. The van der Waals surface area contributed by atoms with Gasteiger partial charge in [0, 0.05) is 11.4 Å². The monoisotopic (exact) mass is 458 g/mol. The number of hydrogen-bond donors (Lipinski definition) is 2. The van der Waals surface area contributed by atoms with Crippen LogP contribution in [0.4, 0.5) is 11.4 Å². The van der Waals surface area contributed by atoms with Crippen LogP contribution < -0.4 is 20.1 Å². The maximum atomic E-state index is 13.3. The summed E-state index contributed by atoms with van der Waals surface area (Å²) in [5.74, 6) is 0.119. The average molecular weight is 459 g/mol. The third-order valence-electron chi connectivity index (χ3n) is 5.24. The molecule has 3 rings (SSSR count). The Labute approximate surface area is 200 Å². The van der Waals surface area contributed by atoms with Crippen LogP contribution in [-0.4, -0.2) is 25.5 Å². The van der Waals surface area contributed by atoms with Crippen LogP contribution in [0.5, 0.6) is 11.5 Å². The molecule has 0 aromatic heterocycles. The number of rotatable bonds is 9. The number of hydrogen-bond acceptors (Lipinski definition) is 4. The molecule has 6 nitrogen and oxygen atoms in total. The van der Waals surface area contributed by atoms with Crippen molar-refractivity contribution in [3.8, 4) is 11.5 Å². The van der Waals surface area contributed by atoms with Crippen LogP contribution in [0, 0.1) is 13.8 Å². The molecule has 2 N–H and O–H groups in total. The van der Waals surface area contributed by atoms with Gasteiger partial charge in [0.2, 0.25) is 0 Å². The predicted octanol–water partition coefficient (Wildman–Crippen LogP) is 5.76. The number of methoxy groups -OCH3 is 1. The zero-order chi connectivity index (χ0) is 24.5. The summed E-state index contributed by atoms with van der Waals surface area (Å²) < 4.78 is 11.2. The van der Waals surface area contributed by atoms with Gasteiger partial charge in [0.15, 0.2) is 11.5 Å². The lowest BCUT2D eigenvalue weighted by molar-refractivity contribution is -0.118. The van der Waals surface area contributed by atoms with Crippen molar-refractivity contribution >= 4 is 29.3 Å². The van der Waals surface area contributed by atoms with Crippen LogP contribution in [0.25, 0.3) is 6.08 Å². The van der Waals surface area contributed by atoms with Crippen molar-refractivity contribution in [1.82, 2.24) is 0 Å². The molecule has 0 unspecified atom stereocenters. The number of carbonyl (C=O) groups excluding carboxylic acids is 2. The van der Waals surface area contributed by atoms with Gasteiger partial charge in [0.25, 0.3) is 11.8 Å². The van der Waals surface area contributed by atoms with Gasteiger partial charge in [-0.3, -0.25) is 9.59 Å². The van der Waals surface area contributed by atoms with E-state index in [-0.39, 0.29) is 5.57 Å². The Hall–Kier alpha value is -4.06. The standard InChI is InChI=1S/C28H30N2O4/c1-5-16-34-25-15-14-21(18-26(25)33-4)17-22(27(31)29-23-12-8-6-10-19(23)2)28(32)30-24-13-9-7-11-20(24)3/h6-15,17-18H,5,16H2,1-4H3,(H,29,31)(H,30,32). The molecule has 0 bridgehead atoms. The van der Waals surface area contributed by atoms with Crippen LogP contribution in [0.1, 0.15) is 30.0 Å². The first-order valence-corrected chi connectivity index (χ1v) is 11.2. The lowest BCUT2D eigenvalue weighted by atomic mass is 10.1. The van der Waals surface area contributed by atoms with Gasteiger partial charge in [-0.25, -0.2) is 0 Å². The van der Waals surface area contributed by atoms with E-state index in [2.05, 4.69) is 10.6 Å². The van der Waals surface area contributed by atoms with Gasteiger partial charge < -0.3 is 20.1 Å². The van der Waals surface area contributed by atoms with Crippen LogP contribution in [-0.2, 0) is 9.59 Å². The highest BCUT2D eigenvalue weighted by Crippen LogP contribution is 2.29. The van der Waals surface area contributed by atoms with E-state index < -0.39 is 11.8 Å². The molecule has 0 aliphatic heterocycles. The highest BCUT2D eigenvalue weighted by Gasteiger charge is 2.20. The molecule has 0 aliphatic carbocycles. The molecule has 0 atom stereocenters. The maximum absolute atomic E-state index is 13.3. The van der Waals surface area contributed by atoms with Crippen LogP contribution in [0.15, 0.2) is 72.3 Å². The molecule has 3 aromatic carbocycles. The van der Waals surface area contributed by atoms with Gasteiger partial charge in [-0.1, -0.05) is 49.4 Å². The molecule has 34 heavy (non-hydrogen) atoms. The summed E-state index contributed by atoms with van der Waals surface area (Å²) in [6.45, 7) is 6.38. The third kappa shape index (κ3) is 6.25. The normalized spacial score (nSPS) is 10.2. The summed E-state index contributed by atoms with van der Waals surface area (Å²) in [6.07, 6.45) is 2.42. The van der Waals surface area contributed by atoms with Crippen molar-refractivity contribution < 1.29 is 19.1 Å². The first-order valence-electron chi connectivity index (χ1n) is 11.2. The van der Waals surface area contributed by atoms with E-state index in [0.29, 0.717) is 35.0 Å². The van der Waals surface area contributed by atoms with E-state index in [1.165, 1.54) is 0 Å². The van der Waals surface area contributed by atoms with E-state index in [0.717, 1.165) is 17.5 Å². The number of aryl methyl sites for hydroxylation is 2. The molecular weight excluding hydrogens is 428 g/mol. The van der Waals surface area contributed by atoms with Crippen LogP contribution in [0.3, 0.4) is 0 Å². The zero-order valence-corrected chi connectivity index (χ0v) is 20.0. The zero-order valence-electron chi connectivity index (χ0n) is 20.0. The van der Waals surface area contributed by atoms with Gasteiger partial charge in [0.05, 0.1) is 13.7 Å². The van der Waals surface area contributed by atoms with Crippen molar-refractivity contribution in [1.29, 1.82) is 0 Å². The fourth-order valence-electron chi connectivity index (χ4n) is 3.31. The minimum absolute atomic E-state index is 0.0317. The van der Waals surface area contributed by atoms with Crippen molar-refractivity contribution in [3.63, 3.8) is 0 Å². The van der Waals surface area contributed by atoms with E-state index in [1.807, 2.05) is 57.2 Å². The largest absolute Gasteiger partial charge is 0.493 e. The Bertz CT molecular complexity index is 1140. The minimum atomic E-state index is -0.509. The molecule has 6 heteroatoms. The first-order chi connectivity index (χ1) is 16.4. The fraction of sp³-hybridized carbons (Fsp3) is 0.214. The Balaban J connectivity index is 1.97. The molecule has 0 heterocycles. The number of anilines is 2. The van der Waals surface area contributed by atoms with Gasteiger partial charge in [0.1, 0.15) is 5.57 Å². The summed E-state index contributed by atoms with van der Waals surface area (Å²) in [6, 6.07) is 20.1. The molecule has 0 saturated carbocycles. The Morgan fingerprint density at radius 2 is 1.38 bits per heavy atom. The Morgan fingerprint density at radius 1 is 0.824 bits per heavy atom. The summed E-state index contributed by atoms with van der Waals surface area (Å²) in [5.41, 5.74) is 3.68. The molecule has 176 valence electrons. The molecule has 0 fully saturated rings. The minimum Gasteiger partial charge on any atom is -0.493 e. The first kappa shape index (κ1) is 24.6. The summed E-state index contributed by atoms with van der Waals surface area (Å²) in [7, 11) is 1.55. The summed E-state index contributed by atoms with van der Waals surface area (Å²) in [5, 5.41) is 5.71. The lowest BCUT2D eigenvalue weighted by Gasteiger charge is -2.14. The van der Waals surface area contributed by atoms with Gasteiger partial charge in [-0.2, -0.15) is 0 Å². The average Bonchev–Trinajstić information content (AvgIpc) is 2.84. The molecule has 3 aromatic rings. The molecule has 0 spiro atoms. The van der Waals surface area contributed by atoms with E-state index in [4.69, 9.17) is 9.47 Å². The van der Waals surface area contributed by atoms with Crippen molar-refractivity contribution in [2.24, 2.45) is 0 Å². The van der Waals surface area contributed by atoms with Gasteiger partial charge in [-0.05, 0) is 67.3 Å². The molecule has 0 saturated heterocycles. The number of ether oxygens (including phenoxy) is 2. The third-order valence-corrected chi connectivity index (χ3v) is 5.24. The van der Waals surface area contributed by atoms with Crippen LogP contribution in [0.2, 0.25) is 0 Å². The highest BCUT2D eigenvalue weighted by molar-refractivity contribution is 6.29. The molecule has 0 radical (unpaired) electrons. The number of amides is 2. The molecular formula is C28H30N2O4. The van der Waals surface area contributed by atoms with Crippen molar-refractivity contribution in [2.75, 3.05) is 24.4 Å². The van der Waals surface area contributed by atoms with Gasteiger partial charge >= 0.3 is 0 Å². The highest BCUT2D eigenvalue weighted by atomic mass is 16.5. The van der Waals surface area contributed by atoms with E-state index in [1.54, 1.807) is 43.5 Å². The van der Waals surface area contributed by atoms with E-state index in [9.17, 15) is 9.59 Å². The number of benzene rings is 3. The summed E-state index contributed by atoms with van der Waals surface area (Å²) in [4.78, 5) is 26.5. The molecule has 2 amide bonds. The SMILES string of the molecule is CCCOc1ccc(C=C(C(=O)Nc2ccccc2C)C(=O)Nc2ccccc2C)cc1OC. The van der Waals surface area contributed by atoms with Crippen LogP contribution >= 0.6 is 0 Å². The number of para-hydroxylation sites is 2. The lowest BCUT2D eigenvalue weighted by Crippen LogP contribution is -2.25. The second-order valence-electron chi connectivity index (χ2n) is 7.85. The molecule has 0 aliphatic rings. The Kier molecular flexibility index (Phi) is 8.46. The summed E-state index contributed by atoms with van der Waals surface area (Å²) >= 11 is 0. The topological polar surface area (TPSA) is 76.7 Å². The smallest absolute Gasteiger partial charge is 0.261 e. The fourth-order valence-corrected chi connectivity index (χ4v) is 3.31.